The molecule has 2 rings (SSSR count). The van der Waals surface area contributed by atoms with Crippen molar-refractivity contribution in [3.05, 3.63) is 0 Å². The van der Waals surface area contributed by atoms with E-state index in [9.17, 15) is 9.59 Å². The summed E-state index contributed by atoms with van der Waals surface area (Å²) in [4.78, 5) is 23.4. The molecule has 21 heavy (non-hydrogen) atoms. The molecule has 2 saturated carbocycles. The van der Waals surface area contributed by atoms with Gasteiger partial charge in [-0.25, -0.2) is 0 Å². The van der Waals surface area contributed by atoms with Gasteiger partial charge in [-0.1, -0.05) is 13.8 Å². The van der Waals surface area contributed by atoms with E-state index in [0.29, 0.717) is 19.3 Å². The van der Waals surface area contributed by atoms with E-state index in [-0.39, 0.29) is 35.3 Å². The normalized spacial score (nSPS) is 34.2. The molecule has 1 amide bonds. The number of hydrogen-bond acceptors (Lipinski definition) is 3. The molecule has 0 aromatic carbocycles. The van der Waals surface area contributed by atoms with Crippen molar-refractivity contribution in [3.8, 4) is 0 Å². The van der Waals surface area contributed by atoms with Gasteiger partial charge in [-0.05, 0) is 38.5 Å². The summed E-state index contributed by atoms with van der Waals surface area (Å²) in [5.41, 5.74) is 0.0369. The van der Waals surface area contributed by atoms with Gasteiger partial charge in [0.2, 0.25) is 5.91 Å². The van der Waals surface area contributed by atoms with Crippen LogP contribution in [0.4, 0.5) is 0 Å². The molecule has 0 saturated heterocycles. The Morgan fingerprint density at radius 1 is 1.19 bits per heavy atom. The zero-order valence-corrected chi connectivity index (χ0v) is 13.2. The van der Waals surface area contributed by atoms with E-state index in [4.69, 9.17) is 9.84 Å². The molecule has 4 atom stereocenters. The minimum atomic E-state index is -0.773. The molecule has 2 aliphatic carbocycles. The minimum absolute atomic E-state index is 0.0320. The molecule has 0 aromatic heterocycles. The molecular formula is C16H27NO4. The van der Waals surface area contributed by atoms with Crippen LogP contribution in [0.1, 0.15) is 52.4 Å². The van der Waals surface area contributed by atoms with Crippen molar-refractivity contribution in [2.24, 2.45) is 17.3 Å². The quantitative estimate of drug-likeness (QED) is 0.788. The molecule has 0 radical (unpaired) electrons. The number of carboxylic acid groups (broad SMARTS) is 1. The van der Waals surface area contributed by atoms with E-state index >= 15 is 0 Å². The highest BCUT2D eigenvalue weighted by molar-refractivity contribution is 5.81. The van der Waals surface area contributed by atoms with Crippen molar-refractivity contribution in [1.29, 1.82) is 0 Å². The highest BCUT2D eigenvalue weighted by atomic mass is 16.5. The van der Waals surface area contributed by atoms with Crippen LogP contribution >= 0.6 is 0 Å². The van der Waals surface area contributed by atoms with Gasteiger partial charge in [0.25, 0.3) is 0 Å². The highest BCUT2D eigenvalue weighted by Gasteiger charge is 2.54. The van der Waals surface area contributed by atoms with Gasteiger partial charge < -0.3 is 15.2 Å². The summed E-state index contributed by atoms with van der Waals surface area (Å²) >= 11 is 0. The largest absolute Gasteiger partial charge is 0.481 e. The zero-order chi connectivity index (χ0) is 15.6. The second-order valence-corrected chi connectivity index (χ2v) is 6.51. The van der Waals surface area contributed by atoms with Gasteiger partial charge in [-0.2, -0.15) is 0 Å². The number of ether oxygens (including phenoxy) is 1. The molecule has 120 valence electrons. The van der Waals surface area contributed by atoms with E-state index in [2.05, 4.69) is 19.2 Å². The van der Waals surface area contributed by atoms with Crippen LogP contribution < -0.4 is 5.32 Å². The number of methoxy groups -OCH3 is 1. The van der Waals surface area contributed by atoms with E-state index in [1.165, 1.54) is 0 Å². The molecule has 5 nitrogen and oxygen atoms in total. The van der Waals surface area contributed by atoms with E-state index in [1.807, 2.05) is 0 Å². The predicted octanol–water partition coefficient (Wildman–Crippen LogP) is 2.20. The van der Waals surface area contributed by atoms with Crippen molar-refractivity contribution >= 4 is 11.9 Å². The van der Waals surface area contributed by atoms with Crippen molar-refractivity contribution in [1.82, 2.24) is 5.32 Å². The Labute approximate surface area is 126 Å². The van der Waals surface area contributed by atoms with Crippen LogP contribution in [0.15, 0.2) is 0 Å². The third kappa shape index (κ3) is 2.80. The smallest absolute Gasteiger partial charge is 0.306 e. The molecule has 0 spiro atoms. The van der Waals surface area contributed by atoms with Crippen LogP contribution in [0.2, 0.25) is 0 Å². The summed E-state index contributed by atoms with van der Waals surface area (Å²) in [6.07, 6.45) is 4.82. The number of carbonyl (C=O) groups is 2. The Kier molecular flexibility index (Phi) is 4.91. The maximum Gasteiger partial charge on any atom is 0.306 e. The summed E-state index contributed by atoms with van der Waals surface area (Å²) in [6.45, 7) is 4.29. The topological polar surface area (TPSA) is 75.6 Å². The van der Waals surface area contributed by atoms with E-state index in [0.717, 1.165) is 19.3 Å². The van der Waals surface area contributed by atoms with E-state index in [1.54, 1.807) is 7.11 Å². The number of carbonyl (C=O) groups excluding carboxylic acids is 1. The summed E-state index contributed by atoms with van der Waals surface area (Å²) in [5, 5.41) is 12.2. The summed E-state index contributed by atoms with van der Waals surface area (Å²) in [6, 6.07) is 0.161. The standard InChI is InChI=1S/C16H27NO4/c1-4-16(5-2)12(9-13(16)21-3)17-14(18)10-6-7-11(8-10)15(19)20/h10-13H,4-9H2,1-3H3,(H,17,18)(H,19,20)/t10-,11+,12?,13?/m1/s1. The van der Waals surface area contributed by atoms with Crippen LogP contribution in [-0.2, 0) is 14.3 Å². The summed E-state index contributed by atoms with van der Waals surface area (Å²) in [7, 11) is 1.73. The zero-order valence-electron chi connectivity index (χ0n) is 13.2. The van der Waals surface area contributed by atoms with E-state index < -0.39 is 5.97 Å². The van der Waals surface area contributed by atoms with Crippen LogP contribution in [0, 0.1) is 17.3 Å². The van der Waals surface area contributed by atoms with Gasteiger partial charge in [0.15, 0.2) is 0 Å². The van der Waals surface area contributed by atoms with Crippen LogP contribution in [0.25, 0.3) is 0 Å². The maximum atomic E-state index is 12.4. The van der Waals surface area contributed by atoms with Gasteiger partial charge in [-0.3, -0.25) is 9.59 Å². The molecular weight excluding hydrogens is 270 g/mol. The second kappa shape index (κ2) is 6.34. The average molecular weight is 297 g/mol. The highest BCUT2D eigenvalue weighted by Crippen LogP contribution is 2.49. The fraction of sp³-hybridized carbons (Fsp3) is 0.875. The number of hydrogen-bond donors (Lipinski definition) is 2. The van der Waals surface area contributed by atoms with Crippen LogP contribution in [0.5, 0.6) is 0 Å². The van der Waals surface area contributed by atoms with Crippen molar-refractivity contribution < 1.29 is 19.4 Å². The molecule has 2 aliphatic rings. The Hall–Kier alpha value is -1.10. The van der Waals surface area contributed by atoms with Gasteiger partial charge in [0.1, 0.15) is 0 Å². The molecule has 5 heteroatoms. The third-order valence-electron chi connectivity index (χ3n) is 5.86. The fourth-order valence-corrected chi connectivity index (χ4v) is 4.21. The number of rotatable bonds is 6. The first-order valence-corrected chi connectivity index (χ1v) is 8.04. The Morgan fingerprint density at radius 2 is 1.81 bits per heavy atom. The van der Waals surface area contributed by atoms with Crippen molar-refractivity contribution in [2.75, 3.05) is 7.11 Å². The Balaban J connectivity index is 1.93. The second-order valence-electron chi connectivity index (χ2n) is 6.51. The molecule has 0 bridgehead atoms. The Morgan fingerprint density at radius 3 is 2.29 bits per heavy atom. The first kappa shape index (κ1) is 16.3. The monoisotopic (exact) mass is 297 g/mol. The van der Waals surface area contributed by atoms with Gasteiger partial charge >= 0.3 is 5.97 Å². The summed E-state index contributed by atoms with van der Waals surface area (Å²) in [5.74, 6) is -1.23. The van der Waals surface area contributed by atoms with Crippen LogP contribution in [0.3, 0.4) is 0 Å². The minimum Gasteiger partial charge on any atom is -0.481 e. The summed E-state index contributed by atoms with van der Waals surface area (Å²) < 4.78 is 5.54. The molecule has 2 N–H and O–H groups in total. The SMILES string of the molecule is CCC1(CC)C(NC(=O)[C@@H]2CC[C@H](C(=O)O)C2)CC1OC. The lowest BCUT2D eigenvalue weighted by Crippen LogP contribution is -2.64. The number of carboxylic acids is 1. The Bertz CT molecular complexity index is 405. The average Bonchev–Trinajstić information content (AvgIpc) is 2.94. The van der Waals surface area contributed by atoms with Crippen molar-refractivity contribution in [3.63, 3.8) is 0 Å². The number of nitrogens with one attached hydrogen (secondary N) is 1. The predicted molar refractivity (Wildman–Crippen MR) is 78.8 cm³/mol. The molecule has 2 fully saturated rings. The molecule has 0 aromatic rings. The first-order valence-electron chi connectivity index (χ1n) is 8.04. The fourth-order valence-electron chi connectivity index (χ4n) is 4.21. The van der Waals surface area contributed by atoms with Gasteiger partial charge in [0.05, 0.1) is 12.0 Å². The van der Waals surface area contributed by atoms with Gasteiger partial charge in [0, 0.05) is 24.5 Å². The maximum absolute atomic E-state index is 12.4. The van der Waals surface area contributed by atoms with Crippen LogP contribution in [-0.4, -0.2) is 36.2 Å². The lowest BCUT2D eigenvalue weighted by Gasteiger charge is -2.55. The third-order valence-corrected chi connectivity index (χ3v) is 5.86. The lowest BCUT2D eigenvalue weighted by atomic mass is 9.58. The molecule has 2 unspecified atom stereocenters. The van der Waals surface area contributed by atoms with Gasteiger partial charge in [-0.15, -0.1) is 0 Å². The first-order chi connectivity index (χ1) is 9.98. The molecule has 0 aliphatic heterocycles. The number of aliphatic carboxylic acids is 1. The lowest BCUT2D eigenvalue weighted by molar-refractivity contribution is -0.144. The number of amides is 1. The van der Waals surface area contributed by atoms with Crippen molar-refractivity contribution in [2.45, 2.75) is 64.5 Å². The molecule has 0 heterocycles.